The molecular formula is C25H27N3O4S. The summed E-state index contributed by atoms with van der Waals surface area (Å²) in [5, 5.41) is 7.16. The molecule has 1 heterocycles. The second-order valence-electron chi connectivity index (χ2n) is 8.23. The number of benzene rings is 3. The lowest BCUT2D eigenvalue weighted by Gasteiger charge is -2.33. The predicted molar refractivity (Wildman–Crippen MR) is 129 cm³/mol. The smallest absolute Gasteiger partial charge is 0.267 e. The zero-order valence-electron chi connectivity index (χ0n) is 18.7. The summed E-state index contributed by atoms with van der Waals surface area (Å²) in [7, 11) is -4.09. The van der Waals surface area contributed by atoms with Crippen molar-refractivity contribution in [3.8, 4) is 0 Å². The Hall–Kier alpha value is -3.23. The first kappa shape index (κ1) is 22.9. The van der Waals surface area contributed by atoms with Crippen LogP contribution in [0.4, 0.5) is 5.69 Å². The van der Waals surface area contributed by atoms with Crippen LogP contribution < -0.4 is 10.6 Å². The van der Waals surface area contributed by atoms with Gasteiger partial charge < -0.3 is 10.6 Å². The van der Waals surface area contributed by atoms with Crippen LogP contribution in [0.2, 0.25) is 0 Å². The molecule has 0 unspecified atom stereocenters. The Morgan fingerprint density at radius 2 is 1.58 bits per heavy atom. The number of nitrogens with one attached hydrogen (secondary N) is 2. The van der Waals surface area contributed by atoms with E-state index in [4.69, 9.17) is 0 Å². The fourth-order valence-corrected chi connectivity index (χ4v) is 6.24. The van der Waals surface area contributed by atoms with Gasteiger partial charge in [0.25, 0.3) is 15.9 Å². The van der Waals surface area contributed by atoms with Crippen molar-refractivity contribution in [3.05, 3.63) is 71.8 Å². The van der Waals surface area contributed by atoms with E-state index in [-0.39, 0.29) is 16.8 Å². The van der Waals surface area contributed by atoms with Gasteiger partial charge in [0.15, 0.2) is 0 Å². The summed E-state index contributed by atoms with van der Waals surface area (Å²) in [5.41, 5.74) is 1.90. The number of fused-ring (bicyclic) bond motifs is 1. The molecule has 0 aliphatic carbocycles. The van der Waals surface area contributed by atoms with Crippen LogP contribution in [0.25, 0.3) is 10.8 Å². The van der Waals surface area contributed by atoms with Crippen molar-refractivity contribution in [3.63, 3.8) is 0 Å². The Morgan fingerprint density at radius 1 is 0.939 bits per heavy atom. The van der Waals surface area contributed by atoms with Gasteiger partial charge in [-0.2, -0.15) is 0 Å². The van der Waals surface area contributed by atoms with E-state index in [9.17, 15) is 18.0 Å². The van der Waals surface area contributed by atoms with Crippen LogP contribution in [0.1, 0.15) is 35.7 Å². The molecule has 172 valence electrons. The Balaban J connectivity index is 1.76. The van der Waals surface area contributed by atoms with Gasteiger partial charge in [-0.05, 0) is 56.6 Å². The first-order valence-corrected chi connectivity index (χ1v) is 12.4. The molecule has 1 fully saturated rings. The van der Waals surface area contributed by atoms with Gasteiger partial charge in [0, 0.05) is 28.9 Å². The van der Waals surface area contributed by atoms with Crippen molar-refractivity contribution >= 4 is 38.3 Å². The van der Waals surface area contributed by atoms with Crippen LogP contribution in [0, 0.1) is 6.92 Å². The molecule has 3 aromatic rings. The minimum absolute atomic E-state index is 0.0562. The molecule has 3 aromatic carbocycles. The monoisotopic (exact) mass is 465 g/mol. The van der Waals surface area contributed by atoms with Crippen LogP contribution in [-0.4, -0.2) is 43.7 Å². The molecule has 33 heavy (non-hydrogen) atoms. The van der Waals surface area contributed by atoms with Gasteiger partial charge >= 0.3 is 0 Å². The van der Waals surface area contributed by atoms with E-state index in [2.05, 4.69) is 10.6 Å². The van der Waals surface area contributed by atoms with Crippen molar-refractivity contribution in [2.75, 3.05) is 18.4 Å². The van der Waals surface area contributed by atoms with Crippen molar-refractivity contribution in [1.29, 1.82) is 0 Å². The van der Waals surface area contributed by atoms with E-state index in [1.165, 1.54) is 13.0 Å². The third-order valence-corrected chi connectivity index (χ3v) is 7.99. The number of piperidine rings is 1. The molecule has 0 aromatic heterocycles. The maximum Gasteiger partial charge on any atom is 0.267 e. The molecule has 0 spiro atoms. The summed E-state index contributed by atoms with van der Waals surface area (Å²) in [4.78, 5) is 25.4. The maximum atomic E-state index is 13.7. The predicted octanol–water partition coefficient (Wildman–Crippen LogP) is 3.69. The number of sulfonamides is 1. The quantitative estimate of drug-likeness (QED) is 0.599. The number of carbonyl (C=O) groups excluding carboxylic acids is 2. The van der Waals surface area contributed by atoms with Gasteiger partial charge in [0.2, 0.25) is 5.91 Å². The number of aryl methyl sites for hydroxylation is 1. The normalized spacial score (nSPS) is 14.7. The summed E-state index contributed by atoms with van der Waals surface area (Å²) < 4.78 is 28.4. The molecule has 1 saturated heterocycles. The Morgan fingerprint density at radius 3 is 2.24 bits per heavy atom. The zero-order chi connectivity index (χ0) is 23.6. The number of hydrogen-bond acceptors (Lipinski definition) is 5. The summed E-state index contributed by atoms with van der Waals surface area (Å²) in [5.74, 6) is -0.767. The molecule has 0 radical (unpaired) electrons. The SMILES string of the molecule is CC(=O)N(C1CCNCC1)S(=O)(=O)c1ccc(NC(=O)c2ccccc2C)c2ccccc12. The summed E-state index contributed by atoms with van der Waals surface area (Å²) in [6, 6.07) is 17.0. The number of amides is 2. The first-order valence-electron chi connectivity index (χ1n) is 10.9. The van der Waals surface area contributed by atoms with Gasteiger partial charge in [-0.1, -0.05) is 42.5 Å². The highest BCUT2D eigenvalue weighted by atomic mass is 32.2. The highest BCUT2D eigenvalue weighted by Gasteiger charge is 2.35. The molecule has 1 aliphatic rings. The van der Waals surface area contributed by atoms with E-state index < -0.39 is 15.9 Å². The number of hydrogen-bond donors (Lipinski definition) is 2. The maximum absolute atomic E-state index is 13.7. The minimum atomic E-state index is -4.09. The minimum Gasteiger partial charge on any atom is -0.321 e. The second-order valence-corrected chi connectivity index (χ2v) is 10.0. The summed E-state index contributed by atoms with van der Waals surface area (Å²) in [6.07, 6.45) is 1.14. The van der Waals surface area contributed by atoms with E-state index >= 15 is 0 Å². The highest BCUT2D eigenvalue weighted by Crippen LogP contribution is 2.33. The number of anilines is 1. The Kier molecular flexibility index (Phi) is 6.49. The fraction of sp³-hybridized carbons (Fsp3) is 0.280. The van der Waals surface area contributed by atoms with Crippen LogP contribution in [0.5, 0.6) is 0 Å². The molecule has 2 amide bonds. The lowest BCUT2D eigenvalue weighted by atomic mass is 10.1. The van der Waals surface area contributed by atoms with Crippen LogP contribution >= 0.6 is 0 Å². The number of rotatable bonds is 5. The largest absolute Gasteiger partial charge is 0.321 e. The first-order chi connectivity index (χ1) is 15.8. The number of carbonyl (C=O) groups is 2. The molecule has 0 saturated carbocycles. The summed E-state index contributed by atoms with van der Waals surface area (Å²) >= 11 is 0. The van der Waals surface area contributed by atoms with Crippen LogP contribution in [0.3, 0.4) is 0 Å². The van der Waals surface area contributed by atoms with Gasteiger partial charge in [-0.3, -0.25) is 9.59 Å². The van der Waals surface area contributed by atoms with E-state index in [1.807, 2.05) is 19.1 Å². The van der Waals surface area contributed by atoms with Gasteiger partial charge in [-0.25, -0.2) is 12.7 Å². The van der Waals surface area contributed by atoms with E-state index in [1.54, 1.807) is 42.5 Å². The molecule has 1 aliphatic heterocycles. The van der Waals surface area contributed by atoms with Crippen molar-refractivity contribution < 1.29 is 18.0 Å². The Labute approximate surface area is 193 Å². The van der Waals surface area contributed by atoms with Gasteiger partial charge in [0.05, 0.1) is 10.9 Å². The molecule has 8 heteroatoms. The van der Waals surface area contributed by atoms with Gasteiger partial charge in [-0.15, -0.1) is 0 Å². The highest BCUT2D eigenvalue weighted by molar-refractivity contribution is 7.90. The van der Waals surface area contributed by atoms with Crippen molar-refractivity contribution in [2.45, 2.75) is 37.6 Å². The zero-order valence-corrected chi connectivity index (χ0v) is 19.5. The van der Waals surface area contributed by atoms with Crippen LogP contribution in [0.15, 0.2) is 65.6 Å². The Bertz CT molecular complexity index is 1310. The van der Waals surface area contributed by atoms with E-state index in [0.29, 0.717) is 48.0 Å². The average Bonchev–Trinajstić information content (AvgIpc) is 2.79. The average molecular weight is 466 g/mol. The summed E-state index contributed by atoms with van der Waals surface area (Å²) in [6.45, 7) is 4.47. The molecular weight excluding hydrogens is 438 g/mol. The fourth-order valence-electron chi connectivity index (χ4n) is 4.39. The standard InChI is InChI=1S/C25H27N3O4S/c1-17-7-3-4-8-20(17)25(30)27-23-11-12-24(22-10-6-5-9-21(22)23)33(31,32)28(18(2)29)19-13-15-26-16-14-19/h3-12,19,26H,13-16H2,1-2H3,(H,27,30). The molecule has 0 atom stereocenters. The van der Waals surface area contributed by atoms with Gasteiger partial charge in [0.1, 0.15) is 0 Å². The second kappa shape index (κ2) is 9.33. The number of nitrogens with zero attached hydrogens (tertiary/aromatic N) is 1. The van der Waals surface area contributed by atoms with E-state index in [0.717, 1.165) is 9.87 Å². The van der Waals surface area contributed by atoms with Crippen molar-refractivity contribution in [2.24, 2.45) is 0 Å². The van der Waals surface area contributed by atoms with Crippen molar-refractivity contribution in [1.82, 2.24) is 9.62 Å². The molecule has 7 nitrogen and oxygen atoms in total. The molecule has 4 rings (SSSR count). The molecule has 0 bridgehead atoms. The topological polar surface area (TPSA) is 95.6 Å². The lowest BCUT2D eigenvalue weighted by Crippen LogP contribution is -2.48. The van der Waals surface area contributed by atoms with Crippen LogP contribution in [-0.2, 0) is 14.8 Å². The third-order valence-electron chi connectivity index (χ3n) is 6.01. The lowest BCUT2D eigenvalue weighted by molar-refractivity contribution is -0.126. The third kappa shape index (κ3) is 4.49. The molecule has 2 N–H and O–H groups in total.